The van der Waals surface area contributed by atoms with Gasteiger partial charge in [-0.15, -0.1) is 0 Å². The molecule has 0 spiro atoms. The minimum absolute atomic E-state index is 0.116. The Hall–Kier alpha value is 0.298. The average molecular weight is 540 g/mol. The second kappa shape index (κ2) is 15.2. The van der Waals surface area contributed by atoms with Crippen molar-refractivity contribution in [1.82, 2.24) is 0 Å². The van der Waals surface area contributed by atoms with Gasteiger partial charge in [0, 0.05) is 0 Å². The summed E-state index contributed by atoms with van der Waals surface area (Å²) < 4.78 is 41.1. The van der Waals surface area contributed by atoms with Crippen molar-refractivity contribution >= 4 is 67.8 Å². The van der Waals surface area contributed by atoms with Crippen molar-refractivity contribution in [3.05, 3.63) is 24.3 Å². The van der Waals surface area contributed by atoms with Crippen molar-refractivity contribution in [1.29, 1.82) is 0 Å². The standard InChI is InChI=1S/C13H22AsNO9S4/c1-14(25-9-10-27-24-22-17)12-2-4-13(5-3-12)15(6-8-26-23-21-16)7-11-28(18,19)20/h2-5,16-17H,6-11H2,1H3,(H,18,19,20). The number of anilines is 1. The molecule has 28 heavy (non-hydrogen) atoms. The molecule has 1 aromatic rings. The third kappa shape index (κ3) is 12.1. The summed E-state index contributed by atoms with van der Waals surface area (Å²) >= 11 is 0.616. The monoisotopic (exact) mass is 539 g/mol. The second-order valence-electron chi connectivity index (χ2n) is 5.05. The van der Waals surface area contributed by atoms with Gasteiger partial charge in [0.25, 0.3) is 0 Å². The Bertz CT molecular complexity index is 637. The van der Waals surface area contributed by atoms with Crippen LogP contribution in [-0.2, 0) is 28.9 Å². The van der Waals surface area contributed by atoms with E-state index in [2.05, 4.69) is 24.5 Å². The zero-order chi connectivity index (χ0) is 20.8. The molecule has 1 aromatic carbocycles. The fourth-order valence-corrected chi connectivity index (χ4v) is 9.87. The van der Waals surface area contributed by atoms with Crippen molar-refractivity contribution in [3.63, 3.8) is 0 Å². The number of rotatable bonds is 16. The van der Waals surface area contributed by atoms with E-state index in [0.717, 1.165) is 35.5 Å². The molecule has 0 saturated heterocycles. The van der Waals surface area contributed by atoms with E-state index in [1.54, 1.807) is 4.90 Å². The molecule has 1 atom stereocenters. The van der Waals surface area contributed by atoms with Gasteiger partial charge in [0.1, 0.15) is 0 Å². The van der Waals surface area contributed by atoms with Gasteiger partial charge in [-0.2, -0.15) is 0 Å². The van der Waals surface area contributed by atoms with Crippen molar-refractivity contribution in [2.45, 2.75) is 5.71 Å². The normalized spacial score (nSPS) is 12.9. The molecule has 0 amide bonds. The Kier molecular flexibility index (Phi) is 14.3. The van der Waals surface area contributed by atoms with Gasteiger partial charge in [0.05, 0.1) is 0 Å². The Morgan fingerprint density at radius 2 is 1.61 bits per heavy atom. The van der Waals surface area contributed by atoms with Crippen LogP contribution in [0.3, 0.4) is 0 Å². The van der Waals surface area contributed by atoms with Crippen molar-refractivity contribution in [3.8, 4) is 0 Å². The van der Waals surface area contributed by atoms with Gasteiger partial charge in [-0.3, -0.25) is 0 Å². The van der Waals surface area contributed by atoms with E-state index in [1.165, 1.54) is 4.35 Å². The van der Waals surface area contributed by atoms with Crippen LogP contribution >= 0.6 is 34.1 Å². The van der Waals surface area contributed by atoms with Crippen molar-refractivity contribution in [2.24, 2.45) is 0 Å². The molecular formula is C13H22AsNO9S4. The van der Waals surface area contributed by atoms with E-state index in [4.69, 9.17) is 15.1 Å². The van der Waals surface area contributed by atoms with E-state index >= 15 is 0 Å². The van der Waals surface area contributed by atoms with Gasteiger partial charge in [0.15, 0.2) is 0 Å². The molecule has 0 heterocycles. The fourth-order valence-electron chi connectivity index (χ4n) is 2.01. The predicted octanol–water partition coefficient (Wildman–Crippen LogP) is 2.08. The summed E-state index contributed by atoms with van der Waals surface area (Å²) in [5, 5.41) is 23.3. The third-order valence-electron chi connectivity index (χ3n) is 3.25. The Morgan fingerprint density at radius 1 is 1.00 bits per heavy atom. The van der Waals surface area contributed by atoms with Crippen LogP contribution in [0.25, 0.3) is 0 Å². The molecule has 0 aliphatic carbocycles. The average Bonchev–Trinajstić information content (AvgIpc) is 2.66. The van der Waals surface area contributed by atoms with Crippen LogP contribution in [0.1, 0.15) is 0 Å². The zero-order valence-electron chi connectivity index (χ0n) is 14.9. The molecule has 0 aliphatic heterocycles. The van der Waals surface area contributed by atoms with Crippen LogP contribution < -0.4 is 9.25 Å². The van der Waals surface area contributed by atoms with Crippen molar-refractivity contribution in [2.75, 3.05) is 41.0 Å². The molecule has 162 valence electrons. The van der Waals surface area contributed by atoms with E-state index < -0.39 is 29.4 Å². The summed E-state index contributed by atoms with van der Waals surface area (Å²) in [4.78, 5) is 1.80. The van der Waals surface area contributed by atoms with Crippen LogP contribution in [0, 0.1) is 0 Å². The first kappa shape index (κ1) is 26.3. The molecule has 3 N–H and O–H groups in total. The van der Waals surface area contributed by atoms with Crippen LogP contribution in [-0.4, -0.2) is 73.1 Å². The van der Waals surface area contributed by atoms with Crippen LogP contribution in [0.5, 0.6) is 0 Å². The second-order valence-corrected chi connectivity index (χ2v) is 16.5. The number of benzene rings is 1. The first-order chi connectivity index (χ1) is 13.4. The molecular weight excluding hydrogens is 517 g/mol. The quantitative estimate of drug-likeness (QED) is 0.0707. The molecule has 15 heteroatoms. The summed E-state index contributed by atoms with van der Waals surface area (Å²) in [7, 11) is -2.23. The van der Waals surface area contributed by atoms with E-state index in [9.17, 15) is 8.42 Å². The summed E-state index contributed by atoms with van der Waals surface area (Å²) in [6.07, 6.45) is 0. The van der Waals surface area contributed by atoms with Crippen LogP contribution in [0.2, 0.25) is 5.71 Å². The van der Waals surface area contributed by atoms with Gasteiger partial charge < -0.3 is 0 Å². The predicted molar refractivity (Wildman–Crippen MR) is 113 cm³/mol. The summed E-state index contributed by atoms with van der Waals surface area (Å²) in [6, 6.07) is 7.86. The fraction of sp³-hybridized carbons (Fsp3) is 0.538. The minimum atomic E-state index is -4.08. The molecule has 0 saturated carbocycles. The molecule has 1 rings (SSSR count). The number of hydrogen-bond donors (Lipinski definition) is 3. The van der Waals surface area contributed by atoms with Gasteiger partial charge in [-0.05, 0) is 0 Å². The Balaban J connectivity index is 2.63. The SMILES string of the molecule is C[As](SCCSOOO)c1ccc(N(CCSOOO)CCS(=O)(=O)O)cc1. The number of nitrogens with zero attached hydrogens (tertiary/aromatic N) is 1. The summed E-state index contributed by atoms with van der Waals surface area (Å²) in [6.45, 7) is 0.542. The first-order valence-electron chi connectivity index (χ1n) is 7.73. The molecule has 10 nitrogen and oxygen atoms in total. The van der Waals surface area contributed by atoms with Crippen LogP contribution in [0.4, 0.5) is 5.69 Å². The van der Waals surface area contributed by atoms with E-state index in [-0.39, 0.29) is 6.54 Å². The Labute approximate surface area is 180 Å². The third-order valence-corrected chi connectivity index (χ3v) is 12.8. The summed E-state index contributed by atoms with van der Waals surface area (Å²) in [5.74, 6) is 1.56. The van der Waals surface area contributed by atoms with Crippen molar-refractivity contribution < 1.29 is 42.2 Å². The first-order valence-corrected chi connectivity index (χ1v) is 17.2. The molecule has 0 aliphatic rings. The Morgan fingerprint density at radius 3 is 2.18 bits per heavy atom. The van der Waals surface area contributed by atoms with Gasteiger partial charge in [-0.1, -0.05) is 0 Å². The molecule has 0 fully saturated rings. The molecule has 0 radical (unpaired) electrons. The summed E-state index contributed by atoms with van der Waals surface area (Å²) in [5.41, 5.74) is 3.02. The van der Waals surface area contributed by atoms with Gasteiger partial charge in [0.2, 0.25) is 0 Å². The van der Waals surface area contributed by atoms with Crippen LogP contribution in [0.15, 0.2) is 24.3 Å². The topological polar surface area (TPSA) is 135 Å². The van der Waals surface area contributed by atoms with E-state index in [1.807, 2.05) is 34.3 Å². The van der Waals surface area contributed by atoms with Gasteiger partial charge >= 0.3 is 181 Å². The molecule has 0 bridgehead atoms. The molecule has 1 unspecified atom stereocenters. The molecule has 0 aromatic heterocycles. The zero-order valence-corrected chi connectivity index (χ0v) is 20.0. The van der Waals surface area contributed by atoms with Gasteiger partial charge in [-0.25, -0.2) is 0 Å². The maximum atomic E-state index is 11.1. The number of hydrogen-bond acceptors (Lipinski definition) is 12. The maximum absolute atomic E-state index is 11.1. The van der Waals surface area contributed by atoms with E-state index in [0.29, 0.717) is 18.1 Å².